The van der Waals surface area contributed by atoms with Gasteiger partial charge in [-0.25, -0.2) is 4.39 Å². The Bertz CT molecular complexity index is 574. The van der Waals surface area contributed by atoms with Gasteiger partial charge in [0.15, 0.2) is 6.40 Å². The molecule has 0 radical (unpaired) electrons. The van der Waals surface area contributed by atoms with E-state index in [1.54, 1.807) is 6.07 Å². The van der Waals surface area contributed by atoms with E-state index in [9.17, 15) is 4.39 Å². The smallest absolute Gasteiger partial charge is 0.428 e. The summed E-state index contributed by atoms with van der Waals surface area (Å²) < 4.78 is 30.1. The maximum absolute atomic E-state index is 13.7. The quantitative estimate of drug-likeness (QED) is 0.509. The summed E-state index contributed by atoms with van der Waals surface area (Å²) in [5, 5.41) is 14.5. The van der Waals surface area contributed by atoms with Crippen LogP contribution in [0.2, 0.25) is 0 Å². The van der Waals surface area contributed by atoms with Crippen molar-refractivity contribution in [2.75, 3.05) is 0 Å². The zero-order valence-electron chi connectivity index (χ0n) is 12.5. The summed E-state index contributed by atoms with van der Waals surface area (Å²) in [6.07, 6.45) is 0.627. The second-order valence-corrected chi connectivity index (χ2v) is 5.93. The number of hydrogen-bond donors (Lipinski definition) is 2. The summed E-state index contributed by atoms with van der Waals surface area (Å²) in [6, 6.07) is 4.04. The molecule has 7 heteroatoms. The van der Waals surface area contributed by atoms with Gasteiger partial charge in [-0.2, -0.15) is 0 Å². The summed E-state index contributed by atoms with van der Waals surface area (Å²) in [4.78, 5) is 0. The highest BCUT2D eigenvalue weighted by Crippen LogP contribution is 2.36. The van der Waals surface area contributed by atoms with Crippen LogP contribution in [0.3, 0.4) is 0 Å². The van der Waals surface area contributed by atoms with Crippen LogP contribution in [0.5, 0.6) is 0 Å². The van der Waals surface area contributed by atoms with Gasteiger partial charge >= 0.3 is 7.12 Å². The van der Waals surface area contributed by atoms with Gasteiger partial charge in [-0.15, -0.1) is 0 Å². The molecular formula is C14H18BFN2O3. The number of ether oxygens (including phenoxy) is 1. The molecule has 2 rings (SSSR count). The van der Waals surface area contributed by atoms with Crippen molar-refractivity contribution in [2.24, 2.45) is 0 Å². The molecule has 0 atom stereocenters. The van der Waals surface area contributed by atoms with Crippen LogP contribution < -0.4 is 5.46 Å². The molecule has 0 aromatic heterocycles. The van der Waals surface area contributed by atoms with Crippen LogP contribution in [-0.4, -0.2) is 30.6 Å². The van der Waals surface area contributed by atoms with Gasteiger partial charge in [-0.1, -0.05) is 0 Å². The molecule has 0 aliphatic carbocycles. The average Bonchev–Trinajstić information content (AvgIpc) is 2.58. The number of nitrogens with one attached hydrogen (secondary N) is 2. The van der Waals surface area contributed by atoms with Crippen LogP contribution in [0.4, 0.5) is 4.39 Å². The predicted octanol–water partition coefficient (Wildman–Crippen LogP) is 2.07. The third-order valence-corrected chi connectivity index (χ3v) is 3.88. The Morgan fingerprint density at radius 1 is 1.19 bits per heavy atom. The van der Waals surface area contributed by atoms with Crippen LogP contribution in [0.25, 0.3) is 0 Å². The van der Waals surface area contributed by atoms with E-state index >= 15 is 0 Å². The zero-order chi connectivity index (χ0) is 15.8. The molecule has 1 saturated heterocycles. The Balaban J connectivity index is 2.34. The van der Waals surface area contributed by atoms with Crippen LogP contribution in [0, 0.1) is 16.6 Å². The molecule has 0 saturated carbocycles. The summed E-state index contributed by atoms with van der Waals surface area (Å²) >= 11 is 0. The molecule has 0 spiro atoms. The fraction of sp³-hybridized carbons (Fsp3) is 0.429. The Morgan fingerprint density at radius 2 is 1.76 bits per heavy atom. The zero-order valence-corrected chi connectivity index (χ0v) is 12.5. The van der Waals surface area contributed by atoms with E-state index in [0.717, 1.165) is 0 Å². The molecule has 5 nitrogen and oxygen atoms in total. The highest BCUT2D eigenvalue weighted by Gasteiger charge is 2.51. The normalized spacial score (nSPS) is 19.4. The third-order valence-electron chi connectivity index (χ3n) is 3.88. The second-order valence-electron chi connectivity index (χ2n) is 5.93. The molecule has 1 fully saturated rings. The molecule has 1 aliphatic heterocycles. The number of halogens is 1. The van der Waals surface area contributed by atoms with Crippen molar-refractivity contribution in [1.82, 2.24) is 0 Å². The van der Waals surface area contributed by atoms with Gasteiger partial charge in [0.1, 0.15) is 5.82 Å². The van der Waals surface area contributed by atoms with Crippen molar-refractivity contribution in [1.29, 1.82) is 10.8 Å². The molecule has 0 bridgehead atoms. The fourth-order valence-corrected chi connectivity index (χ4v) is 1.99. The van der Waals surface area contributed by atoms with E-state index < -0.39 is 24.1 Å². The first kappa shape index (κ1) is 15.7. The SMILES string of the molecule is CC1(C)OB(c2cc(F)cc(C(=N)OC=N)c2)OC1(C)C. The predicted molar refractivity (Wildman–Crippen MR) is 78.8 cm³/mol. The van der Waals surface area contributed by atoms with Gasteiger partial charge in [0.05, 0.1) is 11.2 Å². The lowest BCUT2D eigenvalue weighted by Gasteiger charge is -2.32. The number of rotatable bonds is 3. The van der Waals surface area contributed by atoms with E-state index in [1.807, 2.05) is 27.7 Å². The first-order valence-electron chi connectivity index (χ1n) is 6.57. The van der Waals surface area contributed by atoms with Gasteiger partial charge in [-0.05, 0) is 51.4 Å². The lowest BCUT2D eigenvalue weighted by Crippen LogP contribution is -2.41. The minimum Gasteiger partial charge on any atom is -0.428 e. The lowest BCUT2D eigenvalue weighted by atomic mass is 9.78. The molecule has 1 aromatic carbocycles. The van der Waals surface area contributed by atoms with Crippen molar-refractivity contribution in [3.8, 4) is 0 Å². The van der Waals surface area contributed by atoms with Crippen molar-refractivity contribution in [3.05, 3.63) is 29.6 Å². The molecule has 1 heterocycles. The summed E-state index contributed by atoms with van der Waals surface area (Å²) in [7, 11) is -0.711. The molecule has 2 N–H and O–H groups in total. The summed E-state index contributed by atoms with van der Waals surface area (Å²) in [6.45, 7) is 7.64. The van der Waals surface area contributed by atoms with E-state index in [-0.39, 0.29) is 11.5 Å². The van der Waals surface area contributed by atoms with E-state index in [1.165, 1.54) is 12.1 Å². The Kier molecular flexibility index (Phi) is 3.90. The van der Waals surface area contributed by atoms with Gasteiger partial charge in [0.25, 0.3) is 0 Å². The van der Waals surface area contributed by atoms with Gasteiger partial charge < -0.3 is 14.0 Å². The third kappa shape index (κ3) is 2.98. The molecule has 1 aromatic rings. The van der Waals surface area contributed by atoms with Gasteiger partial charge in [0, 0.05) is 5.56 Å². The highest BCUT2D eigenvalue weighted by molar-refractivity contribution is 6.62. The van der Waals surface area contributed by atoms with Crippen molar-refractivity contribution >= 4 is 24.9 Å². The Labute approximate surface area is 123 Å². The first-order valence-corrected chi connectivity index (χ1v) is 6.57. The van der Waals surface area contributed by atoms with Crippen molar-refractivity contribution in [3.63, 3.8) is 0 Å². The summed E-state index contributed by atoms with van der Waals surface area (Å²) in [5.41, 5.74) is -0.350. The van der Waals surface area contributed by atoms with E-state index in [0.29, 0.717) is 11.9 Å². The van der Waals surface area contributed by atoms with Crippen molar-refractivity contribution in [2.45, 2.75) is 38.9 Å². The topological polar surface area (TPSA) is 75.4 Å². The Morgan fingerprint density at radius 3 is 2.29 bits per heavy atom. The average molecular weight is 292 g/mol. The van der Waals surface area contributed by atoms with E-state index in [4.69, 9.17) is 20.1 Å². The van der Waals surface area contributed by atoms with Crippen LogP contribution in [0.15, 0.2) is 18.2 Å². The maximum atomic E-state index is 13.7. The standard InChI is InChI=1S/C14H18BFN2O3/c1-13(2)14(3,4)21-15(20-13)10-5-9(6-11(16)7-10)12(18)19-8-17/h5-8,17-18H,1-4H3. The largest absolute Gasteiger partial charge is 0.494 e. The first-order chi connectivity index (χ1) is 9.66. The highest BCUT2D eigenvalue weighted by atomic mass is 19.1. The van der Waals surface area contributed by atoms with Crippen molar-refractivity contribution < 1.29 is 18.4 Å². The van der Waals surface area contributed by atoms with Crippen LogP contribution in [0.1, 0.15) is 33.3 Å². The van der Waals surface area contributed by atoms with Crippen LogP contribution in [-0.2, 0) is 14.0 Å². The van der Waals surface area contributed by atoms with E-state index in [2.05, 4.69) is 4.74 Å². The minimum absolute atomic E-state index is 0.225. The minimum atomic E-state index is -0.711. The molecule has 112 valence electrons. The monoisotopic (exact) mass is 292 g/mol. The lowest BCUT2D eigenvalue weighted by molar-refractivity contribution is 0.00578. The summed E-state index contributed by atoms with van der Waals surface area (Å²) in [5.74, 6) is -0.821. The van der Waals surface area contributed by atoms with Gasteiger partial charge in [-0.3, -0.25) is 10.8 Å². The molecule has 1 aliphatic rings. The van der Waals surface area contributed by atoms with Crippen LogP contribution >= 0.6 is 0 Å². The molecular weight excluding hydrogens is 274 g/mol. The molecule has 0 amide bonds. The second kappa shape index (κ2) is 5.24. The molecule has 0 unspecified atom stereocenters. The number of benzene rings is 1. The molecule has 21 heavy (non-hydrogen) atoms. The Hall–Kier alpha value is -1.73. The number of hydrogen-bond acceptors (Lipinski definition) is 5. The maximum Gasteiger partial charge on any atom is 0.494 e. The van der Waals surface area contributed by atoms with Gasteiger partial charge in [0.2, 0.25) is 5.90 Å². The fourth-order valence-electron chi connectivity index (χ4n) is 1.99.